The lowest BCUT2D eigenvalue weighted by atomic mass is 10.2. The molecule has 0 unspecified atom stereocenters. The summed E-state index contributed by atoms with van der Waals surface area (Å²) in [6, 6.07) is 8.07. The number of nitrogens with one attached hydrogen (secondary N) is 2. The maximum absolute atomic E-state index is 12.0. The Morgan fingerprint density at radius 2 is 2.11 bits per heavy atom. The summed E-state index contributed by atoms with van der Waals surface area (Å²) >= 11 is 0. The van der Waals surface area contributed by atoms with Crippen LogP contribution in [0.2, 0.25) is 0 Å². The standard InChI is InChI=1S/C15H23N3O/c1-2-8-16-12-13-6-5-7-14(11-13)17-15(19)18-9-3-4-10-18/h5-7,11,16H,2-4,8-10,12H2,1H3,(H,17,19). The average molecular weight is 261 g/mol. The quantitative estimate of drug-likeness (QED) is 0.801. The molecule has 0 bridgehead atoms. The second-order valence-electron chi connectivity index (χ2n) is 5.00. The van der Waals surface area contributed by atoms with E-state index < -0.39 is 0 Å². The molecule has 4 nitrogen and oxygen atoms in total. The maximum atomic E-state index is 12.0. The van der Waals surface area contributed by atoms with E-state index in [9.17, 15) is 4.79 Å². The monoisotopic (exact) mass is 261 g/mol. The fourth-order valence-electron chi connectivity index (χ4n) is 2.29. The minimum absolute atomic E-state index is 0.0242. The molecule has 1 heterocycles. The van der Waals surface area contributed by atoms with E-state index in [-0.39, 0.29) is 6.03 Å². The van der Waals surface area contributed by atoms with Gasteiger partial charge >= 0.3 is 6.03 Å². The van der Waals surface area contributed by atoms with Crippen molar-refractivity contribution in [1.29, 1.82) is 0 Å². The number of rotatable bonds is 5. The van der Waals surface area contributed by atoms with Gasteiger partial charge in [-0.05, 0) is 43.5 Å². The molecule has 1 saturated heterocycles. The van der Waals surface area contributed by atoms with Crippen molar-refractivity contribution in [2.24, 2.45) is 0 Å². The first-order chi connectivity index (χ1) is 9.29. The number of likely N-dealkylation sites (tertiary alicyclic amines) is 1. The van der Waals surface area contributed by atoms with Gasteiger partial charge in [0.15, 0.2) is 0 Å². The van der Waals surface area contributed by atoms with E-state index in [0.29, 0.717) is 0 Å². The van der Waals surface area contributed by atoms with Crippen LogP contribution in [0.5, 0.6) is 0 Å². The van der Waals surface area contributed by atoms with Crippen LogP contribution < -0.4 is 10.6 Å². The summed E-state index contributed by atoms with van der Waals surface area (Å²) in [5, 5.41) is 6.34. The molecule has 1 aromatic rings. The second-order valence-corrected chi connectivity index (χ2v) is 5.00. The van der Waals surface area contributed by atoms with Crippen LogP contribution in [0.4, 0.5) is 10.5 Å². The van der Waals surface area contributed by atoms with Crippen molar-refractivity contribution in [2.45, 2.75) is 32.7 Å². The largest absolute Gasteiger partial charge is 0.325 e. The third-order valence-electron chi connectivity index (χ3n) is 3.33. The fourth-order valence-corrected chi connectivity index (χ4v) is 2.29. The summed E-state index contributed by atoms with van der Waals surface area (Å²) in [5.74, 6) is 0. The zero-order chi connectivity index (χ0) is 13.5. The molecule has 104 valence electrons. The Morgan fingerprint density at radius 1 is 1.32 bits per heavy atom. The normalized spacial score (nSPS) is 14.7. The van der Waals surface area contributed by atoms with E-state index in [1.807, 2.05) is 23.1 Å². The molecule has 1 aliphatic rings. The lowest BCUT2D eigenvalue weighted by molar-refractivity contribution is 0.222. The first-order valence-electron chi connectivity index (χ1n) is 7.15. The molecule has 0 saturated carbocycles. The minimum Gasteiger partial charge on any atom is -0.325 e. The summed E-state index contributed by atoms with van der Waals surface area (Å²) in [6.45, 7) is 5.78. The van der Waals surface area contributed by atoms with Gasteiger partial charge in [0.05, 0.1) is 0 Å². The molecule has 0 radical (unpaired) electrons. The number of hydrogen-bond donors (Lipinski definition) is 2. The molecule has 2 amide bonds. The van der Waals surface area contributed by atoms with Crippen molar-refractivity contribution in [1.82, 2.24) is 10.2 Å². The summed E-state index contributed by atoms with van der Waals surface area (Å²) in [5.41, 5.74) is 2.08. The lowest BCUT2D eigenvalue weighted by Gasteiger charge is -2.16. The third-order valence-corrected chi connectivity index (χ3v) is 3.33. The van der Waals surface area contributed by atoms with Gasteiger partial charge in [-0.15, -0.1) is 0 Å². The first-order valence-corrected chi connectivity index (χ1v) is 7.15. The van der Waals surface area contributed by atoms with Crippen LogP contribution in [-0.4, -0.2) is 30.6 Å². The molecule has 0 aliphatic carbocycles. The van der Waals surface area contributed by atoms with Crippen molar-refractivity contribution >= 4 is 11.7 Å². The van der Waals surface area contributed by atoms with Gasteiger partial charge in [-0.25, -0.2) is 4.79 Å². The topological polar surface area (TPSA) is 44.4 Å². The molecule has 1 aromatic carbocycles. The van der Waals surface area contributed by atoms with Crippen molar-refractivity contribution in [3.05, 3.63) is 29.8 Å². The Hall–Kier alpha value is -1.55. The molecule has 4 heteroatoms. The Labute approximate surface area is 115 Å². The molecule has 2 N–H and O–H groups in total. The smallest absolute Gasteiger partial charge is 0.321 e. The fraction of sp³-hybridized carbons (Fsp3) is 0.533. The van der Waals surface area contributed by atoms with Gasteiger partial charge in [0.25, 0.3) is 0 Å². The molecule has 0 spiro atoms. The molecule has 1 aliphatic heterocycles. The van der Waals surface area contributed by atoms with Gasteiger partial charge in [-0.3, -0.25) is 0 Å². The highest BCUT2D eigenvalue weighted by molar-refractivity contribution is 5.89. The zero-order valence-corrected chi connectivity index (χ0v) is 11.6. The van der Waals surface area contributed by atoms with Crippen molar-refractivity contribution in [3.63, 3.8) is 0 Å². The van der Waals surface area contributed by atoms with Gasteiger partial charge in [0, 0.05) is 25.3 Å². The van der Waals surface area contributed by atoms with Gasteiger partial charge in [0.2, 0.25) is 0 Å². The number of carbonyl (C=O) groups is 1. The predicted molar refractivity (Wildman–Crippen MR) is 78.3 cm³/mol. The van der Waals surface area contributed by atoms with Crippen LogP contribution in [0.15, 0.2) is 24.3 Å². The van der Waals surface area contributed by atoms with Crippen LogP contribution in [0, 0.1) is 0 Å². The van der Waals surface area contributed by atoms with Gasteiger partial charge < -0.3 is 15.5 Å². The van der Waals surface area contributed by atoms with Crippen LogP contribution >= 0.6 is 0 Å². The molecule has 19 heavy (non-hydrogen) atoms. The Balaban J connectivity index is 1.88. The van der Waals surface area contributed by atoms with Crippen molar-refractivity contribution in [2.75, 3.05) is 25.0 Å². The van der Waals surface area contributed by atoms with Gasteiger partial charge in [-0.2, -0.15) is 0 Å². The molecular formula is C15H23N3O. The average Bonchev–Trinajstić information content (AvgIpc) is 2.93. The Bertz CT molecular complexity index is 414. The molecule has 0 atom stereocenters. The number of carbonyl (C=O) groups excluding carboxylic acids is 1. The number of amides is 2. The van der Waals surface area contributed by atoms with E-state index in [0.717, 1.165) is 51.1 Å². The summed E-state index contributed by atoms with van der Waals surface area (Å²) in [6.07, 6.45) is 3.37. The van der Waals surface area contributed by atoms with E-state index in [2.05, 4.69) is 23.6 Å². The number of urea groups is 1. The Kier molecular flexibility index (Phi) is 5.21. The van der Waals surface area contributed by atoms with Crippen molar-refractivity contribution in [3.8, 4) is 0 Å². The van der Waals surface area contributed by atoms with E-state index >= 15 is 0 Å². The zero-order valence-electron chi connectivity index (χ0n) is 11.6. The first kappa shape index (κ1) is 13.9. The highest BCUT2D eigenvalue weighted by Gasteiger charge is 2.17. The molecule has 0 aromatic heterocycles. The minimum atomic E-state index is 0.0242. The highest BCUT2D eigenvalue weighted by atomic mass is 16.2. The SMILES string of the molecule is CCCNCc1cccc(NC(=O)N2CCCC2)c1. The van der Waals surface area contributed by atoms with E-state index in [4.69, 9.17) is 0 Å². The van der Waals surface area contributed by atoms with E-state index in [1.165, 1.54) is 5.56 Å². The van der Waals surface area contributed by atoms with E-state index in [1.54, 1.807) is 0 Å². The molecule has 2 rings (SSSR count). The summed E-state index contributed by atoms with van der Waals surface area (Å²) in [7, 11) is 0. The number of benzene rings is 1. The van der Waals surface area contributed by atoms with Crippen LogP contribution in [0.3, 0.4) is 0 Å². The highest BCUT2D eigenvalue weighted by Crippen LogP contribution is 2.14. The maximum Gasteiger partial charge on any atom is 0.321 e. The molecular weight excluding hydrogens is 238 g/mol. The van der Waals surface area contributed by atoms with Crippen LogP contribution in [0.1, 0.15) is 31.7 Å². The number of hydrogen-bond acceptors (Lipinski definition) is 2. The van der Waals surface area contributed by atoms with Gasteiger partial charge in [-0.1, -0.05) is 19.1 Å². The third kappa shape index (κ3) is 4.24. The lowest BCUT2D eigenvalue weighted by Crippen LogP contribution is -2.32. The van der Waals surface area contributed by atoms with Crippen molar-refractivity contribution < 1.29 is 4.79 Å². The summed E-state index contributed by atoms with van der Waals surface area (Å²) in [4.78, 5) is 13.9. The predicted octanol–water partition coefficient (Wildman–Crippen LogP) is 2.81. The number of anilines is 1. The second kappa shape index (κ2) is 7.14. The summed E-state index contributed by atoms with van der Waals surface area (Å²) < 4.78 is 0. The molecule has 1 fully saturated rings. The number of nitrogens with zero attached hydrogens (tertiary/aromatic N) is 1. The Morgan fingerprint density at radius 3 is 2.84 bits per heavy atom. The van der Waals surface area contributed by atoms with Gasteiger partial charge in [0.1, 0.15) is 0 Å². The van der Waals surface area contributed by atoms with Crippen LogP contribution in [0.25, 0.3) is 0 Å². The van der Waals surface area contributed by atoms with Crippen LogP contribution in [-0.2, 0) is 6.54 Å².